The number of rotatable bonds is 9. The second-order valence-corrected chi connectivity index (χ2v) is 7.42. The predicted octanol–water partition coefficient (Wildman–Crippen LogP) is 3.68. The predicted molar refractivity (Wildman–Crippen MR) is 104 cm³/mol. The van der Waals surface area contributed by atoms with Crippen LogP contribution in [-0.2, 0) is 11.3 Å². The SMILES string of the molecule is CCNC(=NCCCC1CC1)N1CCC(COCc2ccccc2)C1. The Labute approximate surface area is 152 Å². The van der Waals surface area contributed by atoms with Crippen molar-refractivity contribution in [2.45, 2.75) is 45.6 Å². The van der Waals surface area contributed by atoms with Crippen LogP contribution in [0.1, 0.15) is 44.6 Å². The highest BCUT2D eigenvalue weighted by Gasteiger charge is 2.25. The first-order valence-electron chi connectivity index (χ1n) is 10.00. The molecule has 0 radical (unpaired) electrons. The highest BCUT2D eigenvalue weighted by molar-refractivity contribution is 5.80. The van der Waals surface area contributed by atoms with Gasteiger partial charge in [0.2, 0.25) is 0 Å². The molecule has 1 saturated carbocycles. The minimum Gasteiger partial charge on any atom is -0.376 e. The van der Waals surface area contributed by atoms with E-state index in [0.29, 0.717) is 12.5 Å². The summed E-state index contributed by atoms with van der Waals surface area (Å²) in [5, 5.41) is 3.47. The summed E-state index contributed by atoms with van der Waals surface area (Å²) in [4.78, 5) is 7.26. The molecule has 0 aromatic heterocycles. The normalized spacial score (nSPS) is 20.9. The zero-order valence-electron chi connectivity index (χ0n) is 15.6. The van der Waals surface area contributed by atoms with Crippen LogP contribution in [0, 0.1) is 11.8 Å². The molecule has 0 spiro atoms. The van der Waals surface area contributed by atoms with Crippen LogP contribution >= 0.6 is 0 Å². The average Bonchev–Trinajstić information content (AvgIpc) is 3.35. The van der Waals surface area contributed by atoms with Crippen molar-refractivity contribution in [3.05, 3.63) is 35.9 Å². The van der Waals surface area contributed by atoms with E-state index in [1.165, 1.54) is 37.7 Å². The average molecular weight is 344 g/mol. The number of likely N-dealkylation sites (tertiary alicyclic amines) is 1. The fourth-order valence-corrected chi connectivity index (χ4v) is 3.48. The lowest BCUT2D eigenvalue weighted by atomic mass is 10.1. The highest BCUT2D eigenvalue weighted by Crippen LogP contribution is 2.33. The molecule has 1 unspecified atom stereocenters. The van der Waals surface area contributed by atoms with Gasteiger partial charge in [0.1, 0.15) is 0 Å². The smallest absolute Gasteiger partial charge is 0.193 e. The molecular formula is C21H33N3O. The van der Waals surface area contributed by atoms with Gasteiger partial charge < -0.3 is 15.0 Å². The van der Waals surface area contributed by atoms with E-state index < -0.39 is 0 Å². The fraction of sp³-hybridized carbons (Fsp3) is 0.667. The van der Waals surface area contributed by atoms with Gasteiger partial charge in [-0.25, -0.2) is 0 Å². The zero-order valence-corrected chi connectivity index (χ0v) is 15.6. The van der Waals surface area contributed by atoms with Crippen molar-refractivity contribution in [1.29, 1.82) is 0 Å². The van der Waals surface area contributed by atoms with Crippen molar-refractivity contribution < 1.29 is 4.74 Å². The van der Waals surface area contributed by atoms with E-state index in [9.17, 15) is 0 Å². The molecule has 0 bridgehead atoms. The van der Waals surface area contributed by atoms with E-state index in [0.717, 1.165) is 44.7 Å². The first kappa shape index (κ1) is 18.2. The molecule has 4 heteroatoms. The van der Waals surface area contributed by atoms with Crippen LogP contribution in [0.2, 0.25) is 0 Å². The Morgan fingerprint density at radius 3 is 2.80 bits per heavy atom. The van der Waals surface area contributed by atoms with Crippen molar-refractivity contribution in [2.75, 3.05) is 32.8 Å². The van der Waals surface area contributed by atoms with Crippen molar-refractivity contribution in [2.24, 2.45) is 16.8 Å². The van der Waals surface area contributed by atoms with Crippen molar-refractivity contribution >= 4 is 5.96 Å². The number of hydrogen-bond donors (Lipinski definition) is 1. The van der Waals surface area contributed by atoms with Gasteiger partial charge in [-0.2, -0.15) is 0 Å². The van der Waals surface area contributed by atoms with Crippen LogP contribution in [0.3, 0.4) is 0 Å². The standard InChI is InChI=1S/C21H33N3O/c1-2-22-21(23-13-6-9-18-10-11-18)24-14-12-20(15-24)17-25-16-19-7-4-3-5-8-19/h3-5,7-8,18,20H,2,6,9-17H2,1H3,(H,22,23). The molecule has 3 rings (SSSR count). The molecule has 1 aromatic carbocycles. The van der Waals surface area contributed by atoms with Gasteiger partial charge in [-0.05, 0) is 37.7 Å². The fourth-order valence-electron chi connectivity index (χ4n) is 3.48. The lowest BCUT2D eigenvalue weighted by Gasteiger charge is -2.21. The molecule has 2 aliphatic rings. The molecule has 2 fully saturated rings. The van der Waals surface area contributed by atoms with E-state index >= 15 is 0 Å². The summed E-state index contributed by atoms with van der Waals surface area (Å²) < 4.78 is 5.94. The Bertz CT molecular complexity index is 527. The lowest BCUT2D eigenvalue weighted by Crippen LogP contribution is -2.40. The lowest BCUT2D eigenvalue weighted by molar-refractivity contribution is 0.0907. The van der Waals surface area contributed by atoms with Crippen LogP contribution in [0.15, 0.2) is 35.3 Å². The number of nitrogens with zero attached hydrogens (tertiary/aromatic N) is 2. The van der Waals surface area contributed by atoms with Crippen LogP contribution in [0.25, 0.3) is 0 Å². The third kappa shape index (κ3) is 6.35. The number of aliphatic imine (C=N–C) groups is 1. The summed E-state index contributed by atoms with van der Waals surface area (Å²) in [7, 11) is 0. The topological polar surface area (TPSA) is 36.9 Å². The Balaban J connectivity index is 1.38. The number of benzene rings is 1. The molecular weight excluding hydrogens is 310 g/mol. The van der Waals surface area contributed by atoms with E-state index in [4.69, 9.17) is 9.73 Å². The van der Waals surface area contributed by atoms with Gasteiger partial charge >= 0.3 is 0 Å². The molecule has 1 aliphatic carbocycles. The quantitative estimate of drug-likeness (QED) is 0.422. The Kier molecular flexibility index (Phi) is 7.16. The first-order valence-corrected chi connectivity index (χ1v) is 10.00. The summed E-state index contributed by atoms with van der Waals surface area (Å²) >= 11 is 0. The van der Waals surface area contributed by atoms with Crippen LogP contribution < -0.4 is 5.32 Å². The van der Waals surface area contributed by atoms with Gasteiger partial charge in [-0.15, -0.1) is 0 Å². The van der Waals surface area contributed by atoms with Gasteiger partial charge in [0.15, 0.2) is 5.96 Å². The maximum absolute atomic E-state index is 5.94. The third-order valence-electron chi connectivity index (χ3n) is 5.11. The van der Waals surface area contributed by atoms with Crippen molar-refractivity contribution in [1.82, 2.24) is 10.2 Å². The molecule has 1 N–H and O–H groups in total. The molecule has 1 heterocycles. The summed E-state index contributed by atoms with van der Waals surface area (Å²) in [6.45, 7) is 7.75. The number of hydrogen-bond acceptors (Lipinski definition) is 2. The number of nitrogens with one attached hydrogen (secondary N) is 1. The van der Waals surface area contributed by atoms with E-state index in [1.807, 2.05) is 6.07 Å². The van der Waals surface area contributed by atoms with E-state index in [-0.39, 0.29) is 0 Å². The summed E-state index contributed by atoms with van der Waals surface area (Å²) in [5.74, 6) is 2.72. The van der Waals surface area contributed by atoms with Crippen LogP contribution in [0.4, 0.5) is 0 Å². The summed E-state index contributed by atoms with van der Waals surface area (Å²) in [5.41, 5.74) is 1.25. The van der Waals surface area contributed by atoms with Crippen molar-refractivity contribution in [3.63, 3.8) is 0 Å². The van der Waals surface area contributed by atoms with Gasteiger partial charge in [0, 0.05) is 32.1 Å². The van der Waals surface area contributed by atoms with Crippen LogP contribution in [0.5, 0.6) is 0 Å². The Morgan fingerprint density at radius 1 is 1.20 bits per heavy atom. The van der Waals surface area contributed by atoms with Gasteiger partial charge in [0.25, 0.3) is 0 Å². The molecule has 1 aromatic rings. The maximum Gasteiger partial charge on any atom is 0.193 e. The molecule has 1 aliphatic heterocycles. The number of ether oxygens (including phenoxy) is 1. The summed E-state index contributed by atoms with van der Waals surface area (Å²) in [6.07, 6.45) is 6.68. The van der Waals surface area contributed by atoms with Crippen LogP contribution in [-0.4, -0.2) is 43.6 Å². The van der Waals surface area contributed by atoms with Gasteiger partial charge in [0.05, 0.1) is 13.2 Å². The largest absolute Gasteiger partial charge is 0.376 e. The molecule has 0 amide bonds. The summed E-state index contributed by atoms with van der Waals surface area (Å²) in [6, 6.07) is 10.4. The minimum absolute atomic E-state index is 0.610. The Morgan fingerprint density at radius 2 is 2.04 bits per heavy atom. The van der Waals surface area contributed by atoms with Crippen molar-refractivity contribution in [3.8, 4) is 0 Å². The Hall–Kier alpha value is -1.55. The second kappa shape index (κ2) is 9.81. The monoisotopic (exact) mass is 343 g/mol. The molecule has 25 heavy (non-hydrogen) atoms. The van der Waals surface area contributed by atoms with Gasteiger partial charge in [-0.3, -0.25) is 4.99 Å². The first-order chi connectivity index (χ1) is 12.3. The van der Waals surface area contributed by atoms with E-state index in [1.54, 1.807) is 0 Å². The molecule has 1 saturated heterocycles. The molecule has 1 atom stereocenters. The molecule has 138 valence electrons. The third-order valence-corrected chi connectivity index (χ3v) is 5.11. The minimum atomic E-state index is 0.610. The highest BCUT2D eigenvalue weighted by atomic mass is 16.5. The van der Waals surface area contributed by atoms with E-state index in [2.05, 4.69) is 41.4 Å². The second-order valence-electron chi connectivity index (χ2n) is 7.42. The van der Waals surface area contributed by atoms with Gasteiger partial charge in [-0.1, -0.05) is 43.2 Å². The maximum atomic E-state index is 5.94. The zero-order chi connectivity index (χ0) is 17.3. The molecule has 4 nitrogen and oxygen atoms in total. The number of guanidine groups is 1.